The number of sulfone groups is 1. The van der Waals surface area contributed by atoms with E-state index in [1.54, 1.807) is 12.1 Å². The lowest BCUT2D eigenvalue weighted by Gasteiger charge is -2.18. The molecular formula is C16H22F2O3S. The van der Waals surface area contributed by atoms with Crippen LogP contribution in [0.25, 0.3) is 0 Å². The summed E-state index contributed by atoms with van der Waals surface area (Å²) >= 11 is 0. The second-order valence-corrected chi connectivity index (χ2v) is 8.23. The smallest absolute Gasteiger partial charge is 0.250 e. The third-order valence-corrected chi connectivity index (χ3v) is 5.86. The van der Waals surface area contributed by atoms with Crippen LogP contribution in [-0.2, 0) is 15.6 Å². The van der Waals surface area contributed by atoms with Crippen molar-refractivity contribution in [2.24, 2.45) is 5.92 Å². The SMILES string of the molecule is COc1ccc(C)cc1CS(=O)(=O)CCC1CCCC1(F)F. The summed E-state index contributed by atoms with van der Waals surface area (Å²) in [6.45, 7) is 1.87. The highest BCUT2D eigenvalue weighted by Crippen LogP contribution is 2.42. The van der Waals surface area contributed by atoms with Crippen molar-refractivity contribution >= 4 is 9.84 Å². The molecule has 0 bridgehead atoms. The van der Waals surface area contributed by atoms with E-state index >= 15 is 0 Å². The Balaban J connectivity index is 2.04. The van der Waals surface area contributed by atoms with E-state index < -0.39 is 21.7 Å². The minimum Gasteiger partial charge on any atom is -0.496 e. The minimum atomic E-state index is -3.43. The Morgan fingerprint density at radius 1 is 1.36 bits per heavy atom. The molecule has 0 aromatic heterocycles. The number of rotatable bonds is 6. The third kappa shape index (κ3) is 4.18. The van der Waals surface area contributed by atoms with E-state index in [2.05, 4.69) is 0 Å². The zero-order chi connectivity index (χ0) is 16.4. The van der Waals surface area contributed by atoms with Gasteiger partial charge in [-0.3, -0.25) is 0 Å². The van der Waals surface area contributed by atoms with Gasteiger partial charge in [0.2, 0.25) is 0 Å². The lowest BCUT2D eigenvalue weighted by molar-refractivity contribution is -0.0374. The molecular weight excluding hydrogens is 310 g/mol. The van der Waals surface area contributed by atoms with Gasteiger partial charge in [-0.25, -0.2) is 17.2 Å². The van der Waals surface area contributed by atoms with Crippen molar-refractivity contribution in [3.05, 3.63) is 29.3 Å². The van der Waals surface area contributed by atoms with E-state index in [0.717, 1.165) is 5.56 Å². The topological polar surface area (TPSA) is 43.4 Å². The maximum Gasteiger partial charge on any atom is 0.250 e. The van der Waals surface area contributed by atoms with Crippen LogP contribution >= 0.6 is 0 Å². The van der Waals surface area contributed by atoms with Gasteiger partial charge < -0.3 is 4.74 Å². The standard InChI is InChI=1S/C16H22F2O3S/c1-12-5-6-15(21-2)13(10-12)11-22(19,20)9-7-14-4-3-8-16(14,17)18/h5-6,10,14H,3-4,7-9,11H2,1-2H3. The van der Waals surface area contributed by atoms with Crippen LogP contribution in [0.5, 0.6) is 5.75 Å². The highest BCUT2D eigenvalue weighted by atomic mass is 32.2. The summed E-state index contributed by atoms with van der Waals surface area (Å²) in [4.78, 5) is 0. The molecule has 0 radical (unpaired) electrons. The van der Waals surface area contributed by atoms with Crippen molar-refractivity contribution in [2.75, 3.05) is 12.9 Å². The van der Waals surface area contributed by atoms with Crippen LogP contribution in [-0.4, -0.2) is 27.2 Å². The number of halogens is 2. The molecule has 1 aliphatic carbocycles. The van der Waals surface area contributed by atoms with Crippen LogP contribution in [0.2, 0.25) is 0 Å². The lowest BCUT2D eigenvalue weighted by Crippen LogP contribution is -2.24. The number of aryl methyl sites for hydroxylation is 1. The number of ether oxygens (including phenoxy) is 1. The Hall–Kier alpha value is -1.17. The van der Waals surface area contributed by atoms with E-state index in [4.69, 9.17) is 4.74 Å². The summed E-state index contributed by atoms with van der Waals surface area (Å²) < 4.78 is 56.8. The van der Waals surface area contributed by atoms with Crippen LogP contribution in [0.1, 0.15) is 36.8 Å². The van der Waals surface area contributed by atoms with Gasteiger partial charge in [0.1, 0.15) is 5.75 Å². The molecule has 124 valence electrons. The lowest BCUT2D eigenvalue weighted by atomic mass is 10.0. The van der Waals surface area contributed by atoms with Gasteiger partial charge in [-0.1, -0.05) is 17.7 Å². The van der Waals surface area contributed by atoms with Crippen LogP contribution in [0.4, 0.5) is 8.78 Å². The summed E-state index contributed by atoms with van der Waals surface area (Å²) in [7, 11) is -1.95. The van der Waals surface area contributed by atoms with E-state index in [1.807, 2.05) is 13.0 Å². The molecule has 1 unspecified atom stereocenters. The molecule has 0 aliphatic heterocycles. The van der Waals surface area contributed by atoms with Crippen molar-refractivity contribution in [2.45, 2.75) is 44.3 Å². The van der Waals surface area contributed by atoms with E-state index in [9.17, 15) is 17.2 Å². The summed E-state index contributed by atoms with van der Waals surface area (Å²) in [6, 6.07) is 5.33. The van der Waals surface area contributed by atoms with E-state index in [1.165, 1.54) is 7.11 Å². The second kappa shape index (κ2) is 6.52. The Kier molecular flexibility index (Phi) is 5.10. The number of benzene rings is 1. The van der Waals surface area contributed by atoms with Gasteiger partial charge in [0.15, 0.2) is 9.84 Å². The second-order valence-electron chi connectivity index (χ2n) is 6.05. The van der Waals surface area contributed by atoms with Crippen LogP contribution < -0.4 is 4.74 Å². The summed E-state index contributed by atoms with van der Waals surface area (Å²) in [5.74, 6) is -3.38. The number of hydrogen-bond donors (Lipinski definition) is 0. The molecule has 0 saturated heterocycles. The summed E-state index contributed by atoms with van der Waals surface area (Å²) in [5, 5.41) is 0. The van der Waals surface area contributed by atoms with Gasteiger partial charge in [-0.15, -0.1) is 0 Å². The fourth-order valence-electron chi connectivity index (χ4n) is 3.01. The molecule has 22 heavy (non-hydrogen) atoms. The molecule has 3 nitrogen and oxygen atoms in total. The molecule has 1 saturated carbocycles. The molecule has 1 aromatic rings. The molecule has 2 rings (SSSR count). The first-order valence-electron chi connectivity index (χ1n) is 7.45. The Bertz CT molecular complexity index is 626. The first-order valence-corrected chi connectivity index (χ1v) is 9.27. The Morgan fingerprint density at radius 2 is 2.09 bits per heavy atom. The zero-order valence-corrected chi connectivity index (χ0v) is 13.8. The average molecular weight is 332 g/mol. The number of alkyl halides is 2. The van der Waals surface area contributed by atoms with Gasteiger partial charge in [-0.05, 0) is 32.3 Å². The first-order chi connectivity index (χ1) is 10.2. The van der Waals surface area contributed by atoms with E-state index in [-0.39, 0.29) is 24.3 Å². The molecule has 1 aromatic carbocycles. The maximum absolute atomic E-state index is 13.6. The highest BCUT2D eigenvalue weighted by Gasteiger charge is 2.43. The van der Waals surface area contributed by atoms with Crippen molar-refractivity contribution < 1.29 is 21.9 Å². The van der Waals surface area contributed by atoms with Crippen LogP contribution in [0.15, 0.2) is 18.2 Å². The van der Waals surface area contributed by atoms with Gasteiger partial charge >= 0.3 is 0 Å². The normalized spacial score (nSPS) is 21.0. The molecule has 0 N–H and O–H groups in total. The largest absolute Gasteiger partial charge is 0.496 e. The van der Waals surface area contributed by atoms with Gasteiger partial charge in [0.05, 0.1) is 18.6 Å². The van der Waals surface area contributed by atoms with E-state index in [0.29, 0.717) is 24.2 Å². The number of hydrogen-bond acceptors (Lipinski definition) is 3. The molecule has 6 heteroatoms. The first kappa shape index (κ1) is 17.2. The molecule has 1 fully saturated rings. The van der Waals surface area contributed by atoms with Gasteiger partial charge in [-0.2, -0.15) is 0 Å². The maximum atomic E-state index is 13.6. The monoisotopic (exact) mass is 332 g/mol. The fourth-order valence-corrected chi connectivity index (χ4v) is 4.49. The van der Waals surface area contributed by atoms with Gasteiger partial charge in [0, 0.05) is 17.9 Å². The van der Waals surface area contributed by atoms with Crippen LogP contribution in [0, 0.1) is 12.8 Å². The molecule has 0 heterocycles. The predicted molar refractivity (Wildman–Crippen MR) is 82.1 cm³/mol. The molecule has 1 atom stereocenters. The highest BCUT2D eigenvalue weighted by molar-refractivity contribution is 7.90. The van der Waals surface area contributed by atoms with Crippen molar-refractivity contribution in [1.29, 1.82) is 0 Å². The molecule has 0 amide bonds. The quantitative estimate of drug-likeness (QED) is 0.797. The Labute approximate surface area is 130 Å². The van der Waals surface area contributed by atoms with Gasteiger partial charge in [0.25, 0.3) is 5.92 Å². The van der Waals surface area contributed by atoms with Crippen molar-refractivity contribution in [3.8, 4) is 5.75 Å². The zero-order valence-electron chi connectivity index (χ0n) is 12.9. The number of methoxy groups -OCH3 is 1. The van der Waals surface area contributed by atoms with Crippen LogP contribution in [0.3, 0.4) is 0 Å². The van der Waals surface area contributed by atoms with Crippen molar-refractivity contribution in [3.63, 3.8) is 0 Å². The molecule has 1 aliphatic rings. The third-order valence-electron chi connectivity index (χ3n) is 4.25. The summed E-state index contributed by atoms with van der Waals surface area (Å²) in [6.07, 6.45) is 0.798. The van der Waals surface area contributed by atoms with Crippen molar-refractivity contribution in [1.82, 2.24) is 0 Å². The average Bonchev–Trinajstić information content (AvgIpc) is 2.75. The summed E-state index contributed by atoms with van der Waals surface area (Å²) in [5.41, 5.74) is 1.52. The minimum absolute atomic E-state index is 0.0312. The molecule has 0 spiro atoms. The predicted octanol–water partition coefficient (Wildman–Crippen LogP) is 3.74. The fraction of sp³-hybridized carbons (Fsp3) is 0.625. The Morgan fingerprint density at radius 3 is 2.68 bits per heavy atom.